The number of benzene rings is 1. The van der Waals surface area contributed by atoms with Gasteiger partial charge in [0.05, 0.1) is 0 Å². The minimum Gasteiger partial charge on any atom is -0.355 e. The summed E-state index contributed by atoms with van der Waals surface area (Å²) in [5, 5.41) is 0. The molecule has 1 aliphatic heterocycles. The SMILES string of the molecule is Ic1ccc(N2CC(c3ccccc3)C2)nc1. The average Bonchev–Trinajstić information content (AvgIpc) is 2.31. The Kier molecular flexibility index (Phi) is 3.01. The lowest BCUT2D eigenvalue weighted by atomic mass is 9.91. The molecule has 1 aliphatic rings. The van der Waals surface area contributed by atoms with Crippen LogP contribution in [0.4, 0.5) is 5.82 Å². The zero-order valence-corrected chi connectivity index (χ0v) is 11.5. The molecule has 1 fully saturated rings. The Bertz CT molecular complexity index is 489. The van der Waals surface area contributed by atoms with Gasteiger partial charge in [0.15, 0.2) is 0 Å². The molecule has 0 aliphatic carbocycles. The van der Waals surface area contributed by atoms with E-state index in [-0.39, 0.29) is 0 Å². The van der Waals surface area contributed by atoms with Gasteiger partial charge in [-0.1, -0.05) is 30.3 Å². The van der Waals surface area contributed by atoms with Crippen molar-refractivity contribution in [3.8, 4) is 0 Å². The molecule has 1 saturated heterocycles. The van der Waals surface area contributed by atoms with Crippen molar-refractivity contribution in [2.45, 2.75) is 5.92 Å². The van der Waals surface area contributed by atoms with Gasteiger partial charge < -0.3 is 4.90 Å². The van der Waals surface area contributed by atoms with Gasteiger partial charge in [0.25, 0.3) is 0 Å². The van der Waals surface area contributed by atoms with E-state index in [9.17, 15) is 0 Å². The summed E-state index contributed by atoms with van der Waals surface area (Å²) in [5.74, 6) is 1.76. The van der Waals surface area contributed by atoms with Crippen molar-refractivity contribution < 1.29 is 0 Å². The third-order valence-electron chi connectivity index (χ3n) is 3.19. The highest BCUT2D eigenvalue weighted by atomic mass is 127. The highest BCUT2D eigenvalue weighted by molar-refractivity contribution is 14.1. The van der Waals surface area contributed by atoms with E-state index in [4.69, 9.17) is 0 Å². The highest BCUT2D eigenvalue weighted by Crippen LogP contribution is 2.30. The predicted octanol–water partition coefficient (Wildman–Crippen LogP) is 3.29. The van der Waals surface area contributed by atoms with Gasteiger partial charge in [-0.25, -0.2) is 4.98 Å². The van der Waals surface area contributed by atoms with Crippen molar-refractivity contribution >= 4 is 28.4 Å². The second-order valence-electron chi connectivity index (χ2n) is 4.35. The first kappa shape index (κ1) is 11.0. The molecule has 0 saturated carbocycles. The predicted molar refractivity (Wildman–Crippen MR) is 78.4 cm³/mol. The van der Waals surface area contributed by atoms with Gasteiger partial charge >= 0.3 is 0 Å². The second-order valence-corrected chi connectivity index (χ2v) is 5.59. The Balaban J connectivity index is 1.67. The first-order chi connectivity index (χ1) is 8.33. The van der Waals surface area contributed by atoms with Crippen LogP contribution in [0.2, 0.25) is 0 Å². The second kappa shape index (κ2) is 4.64. The monoisotopic (exact) mass is 336 g/mol. The fourth-order valence-corrected chi connectivity index (χ4v) is 2.48. The zero-order chi connectivity index (χ0) is 11.7. The van der Waals surface area contributed by atoms with Crippen molar-refractivity contribution in [2.75, 3.05) is 18.0 Å². The standard InChI is InChI=1S/C14H13IN2/c15-13-6-7-14(16-8-13)17-9-12(10-17)11-4-2-1-3-5-11/h1-8,12H,9-10H2. The Morgan fingerprint density at radius 1 is 1.06 bits per heavy atom. The molecular formula is C14H13IN2. The lowest BCUT2D eigenvalue weighted by Gasteiger charge is -2.40. The van der Waals surface area contributed by atoms with Crippen LogP contribution in [-0.4, -0.2) is 18.1 Å². The first-order valence-corrected chi connectivity index (χ1v) is 6.82. The summed E-state index contributed by atoms with van der Waals surface area (Å²) in [6.45, 7) is 2.16. The molecule has 3 rings (SSSR count). The fraction of sp³-hybridized carbons (Fsp3) is 0.214. The molecule has 3 heteroatoms. The Morgan fingerprint density at radius 3 is 2.47 bits per heavy atom. The summed E-state index contributed by atoms with van der Waals surface area (Å²) in [5.41, 5.74) is 1.44. The van der Waals surface area contributed by atoms with E-state index in [1.807, 2.05) is 6.20 Å². The van der Waals surface area contributed by atoms with E-state index in [0.717, 1.165) is 18.9 Å². The van der Waals surface area contributed by atoms with Gasteiger partial charge in [0, 0.05) is 28.8 Å². The third-order valence-corrected chi connectivity index (χ3v) is 3.83. The molecule has 2 heterocycles. The van der Waals surface area contributed by atoms with Crippen LogP contribution in [-0.2, 0) is 0 Å². The quantitative estimate of drug-likeness (QED) is 0.783. The Labute approximate surface area is 115 Å². The largest absolute Gasteiger partial charge is 0.355 e. The summed E-state index contributed by atoms with van der Waals surface area (Å²) < 4.78 is 1.19. The van der Waals surface area contributed by atoms with Crippen molar-refractivity contribution in [1.82, 2.24) is 4.98 Å². The molecule has 2 nitrogen and oxygen atoms in total. The number of aromatic nitrogens is 1. The summed E-state index contributed by atoms with van der Waals surface area (Å²) in [6.07, 6.45) is 1.92. The maximum absolute atomic E-state index is 4.45. The van der Waals surface area contributed by atoms with Crippen LogP contribution in [0.25, 0.3) is 0 Å². The maximum Gasteiger partial charge on any atom is 0.128 e. The van der Waals surface area contributed by atoms with Gasteiger partial charge in [-0.15, -0.1) is 0 Å². The van der Waals surface area contributed by atoms with Crippen LogP contribution in [0.5, 0.6) is 0 Å². The van der Waals surface area contributed by atoms with Gasteiger partial charge in [0.1, 0.15) is 5.82 Å². The van der Waals surface area contributed by atoms with E-state index in [1.165, 1.54) is 9.13 Å². The van der Waals surface area contributed by atoms with E-state index in [2.05, 4.69) is 74.9 Å². The van der Waals surface area contributed by atoms with E-state index < -0.39 is 0 Å². The molecular weight excluding hydrogens is 323 g/mol. The summed E-state index contributed by atoms with van der Waals surface area (Å²) in [6, 6.07) is 14.9. The van der Waals surface area contributed by atoms with Crippen LogP contribution in [0.1, 0.15) is 11.5 Å². The van der Waals surface area contributed by atoms with Crippen LogP contribution in [0.15, 0.2) is 48.7 Å². The van der Waals surface area contributed by atoms with Crippen LogP contribution in [0.3, 0.4) is 0 Å². The first-order valence-electron chi connectivity index (χ1n) is 5.74. The molecule has 1 aromatic carbocycles. The van der Waals surface area contributed by atoms with E-state index in [1.54, 1.807) is 0 Å². The van der Waals surface area contributed by atoms with Gasteiger partial charge in [-0.3, -0.25) is 0 Å². The molecule has 86 valence electrons. The number of hydrogen-bond donors (Lipinski definition) is 0. The van der Waals surface area contributed by atoms with Crippen LogP contribution in [0, 0.1) is 3.57 Å². The third kappa shape index (κ3) is 2.29. The number of nitrogens with zero attached hydrogens (tertiary/aromatic N) is 2. The summed E-state index contributed by atoms with van der Waals surface area (Å²) in [4.78, 5) is 6.77. The molecule has 0 bridgehead atoms. The van der Waals surface area contributed by atoms with E-state index >= 15 is 0 Å². The molecule has 17 heavy (non-hydrogen) atoms. The number of pyridine rings is 1. The summed E-state index contributed by atoms with van der Waals surface area (Å²) >= 11 is 2.28. The van der Waals surface area contributed by atoms with Gasteiger partial charge in [-0.05, 0) is 40.3 Å². The molecule has 0 N–H and O–H groups in total. The molecule has 0 atom stereocenters. The van der Waals surface area contributed by atoms with Gasteiger partial charge in [0.2, 0.25) is 0 Å². The lowest BCUT2D eigenvalue weighted by molar-refractivity contribution is 0.520. The highest BCUT2D eigenvalue weighted by Gasteiger charge is 2.28. The smallest absolute Gasteiger partial charge is 0.128 e. The normalized spacial score (nSPS) is 15.7. The molecule has 0 amide bonds. The summed E-state index contributed by atoms with van der Waals surface area (Å²) in [7, 11) is 0. The lowest BCUT2D eigenvalue weighted by Crippen LogP contribution is -2.45. The molecule has 0 unspecified atom stereocenters. The number of rotatable bonds is 2. The van der Waals surface area contributed by atoms with E-state index in [0.29, 0.717) is 5.92 Å². The number of hydrogen-bond acceptors (Lipinski definition) is 2. The Hall–Kier alpha value is -1.10. The molecule has 0 radical (unpaired) electrons. The number of anilines is 1. The van der Waals surface area contributed by atoms with Crippen molar-refractivity contribution in [3.63, 3.8) is 0 Å². The van der Waals surface area contributed by atoms with Crippen molar-refractivity contribution in [3.05, 3.63) is 57.8 Å². The minimum atomic E-state index is 0.664. The topological polar surface area (TPSA) is 16.1 Å². The molecule has 2 aromatic rings. The van der Waals surface area contributed by atoms with Crippen molar-refractivity contribution in [1.29, 1.82) is 0 Å². The zero-order valence-electron chi connectivity index (χ0n) is 9.38. The van der Waals surface area contributed by atoms with Gasteiger partial charge in [-0.2, -0.15) is 0 Å². The van der Waals surface area contributed by atoms with Crippen molar-refractivity contribution in [2.24, 2.45) is 0 Å². The Morgan fingerprint density at radius 2 is 1.82 bits per heavy atom. The molecule has 0 spiro atoms. The fourth-order valence-electron chi connectivity index (χ4n) is 2.16. The number of halogens is 1. The van der Waals surface area contributed by atoms with Crippen LogP contribution < -0.4 is 4.90 Å². The average molecular weight is 336 g/mol. The maximum atomic E-state index is 4.45. The minimum absolute atomic E-state index is 0.664. The van der Waals surface area contributed by atoms with Crippen LogP contribution >= 0.6 is 22.6 Å². The molecule has 1 aromatic heterocycles.